The summed E-state index contributed by atoms with van der Waals surface area (Å²) in [5, 5.41) is 0. The van der Waals surface area contributed by atoms with Crippen molar-refractivity contribution >= 4 is 11.9 Å². The highest BCUT2D eigenvalue weighted by atomic mass is 19.1. The van der Waals surface area contributed by atoms with Crippen LogP contribution in [0.4, 0.5) is 10.3 Å². The number of nitrogens with zero attached hydrogens (tertiary/aromatic N) is 6. The summed E-state index contributed by atoms with van der Waals surface area (Å²) in [6.45, 7) is 2.32. The Morgan fingerprint density at radius 1 is 1.29 bits per heavy atom. The van der Waals surface area contributed by atoms with Gasteiger partial charge in [0.25, 0.3) is 5.91 Å². The molecule has 3 rings (SSSR count). The summed E-state index contributed by atoms with van der Waals surface area (Å²) < 4.78 is 14.7. The number of hydrogen-bond donors (Lipinski definition) is 0. The number of amides is 1. The summed E-state index contributed by atoms with van der Waals surface area (Å²) >= 11 is 0. The molecule has 3 heterocycles. The van der Waals surface area contributed by atoms with E-state index in [0.29, 0.717) is 24.1 Å². The third kappa shape index (κ3) is 3.69. The highest BCUT2D eigenvalue weighted by Crippen LogP contribution is 2.21. The lowest BCUT2D eigenvalue weighted by Crippen LogP contribution is -2.40. The Bertz CT molecular complexity index is 693. The van der Waals surface area contributed by atoms with E-state index in [2.05, 4.69) is 19.9 Å². The Morgan fingerprint density at radius 3 is 2.54 bits per heavy atom. The molecule has 0 aliphatic carbocycles. The van der Waals surface area contributed by atoms with Crippen LogP contribution >= 0.6 is 0 Å². The van der Waals surface area contributed by atoms with Gasteiger partial charge in [-0.1, -0.05) is 0 Å². The van der Waals surface area contributed by atoms with Gasteiger partial charge in [-0.2, -0.15) is 0 Å². The molecule has 128 valence electrons. The second-order valence-electron chi connectivity index (χ2n) is 6.24. The first-order valence-corrected chi connectivity index (χ1v) is 7.99. The zero-order valence-electron chi connectivity index (χ0n) is 13.9. The Morgan fingerprint density at radius 2 is 1.96 bits per heavy atom. The van der Waals surface area contributed by atoms with Crippen molar-refractivity contribution in [3.63, 3.8) is 0 Å². The maximum Gasteiger partial charge on any atom is 0.273 e. The largest absolute Gasteiger partial charge is 0.341 e. The molecule has 1 aliphatic heterocycles. The van der Waals surface area contributed by atoms with Crippen LogP contribution in [0.15, 0.2) is 24.9 Å². The average Bonchev–Trinajstić information content (AvgIpc) is 3.02. The van der Waals surface area contributed by atoms with Crippen molar-refractivity contribution in [1.82, 2.24) is 24.4 Å². The van der Waals surface area contributed by atoms with E-state index in [1.807, 2.05) is 14.1 Å². The van der Waals surface area contributed by atoms with E-state index in [-0.39, 0.29) is 5.91 Å². The number of carbonyl (C=O) groups is 1. The molecule has 0 spiro atoms. The summed E-state index contributed by atoms with van der Waals surface area (Å²) in [4.78, 5) is 28.3. The van der Waals surface area contributed by atoms with Crippen LogP contribution in [0, 0.1) is 11.7 Å². The summed E-state index contributed by atoms with van der Waals surface area (Å²) in [5.41, 5.74) is 0.470. The fourth-order valence-electron chi connectivity index (χ4n) is 2.97. The fourth-order valence-corrected chi connectivity index (χ4v) is 2.97. The lowest BCUT2D eigenvalue weighted by atomic mass is 9.96. The van der Waals surface area contributed by atoms with Gasteiger partial charge in [-0.25, -0.2) is 19.3 Å². The molecule has 0 radical (unpaired) electrons. The normalized spacial score (nSPS) is 15.5. The minimum Gasteiger partial charge on any atom is -0.341 e. The van der Waals surface area contributed by atoms with Crippen LogP contribution in [-0.4, -0.2) is 57.0 Å². The summed E-state index contributed by atoms with van der Waals surface area (Å²) in [7, 11) is 3.66. The van der Waals surface area contributed by atoms with Crippen molar-refractivity contribution in [1.29, 1.82) is 0 Å². The van der Waals surface area contributed by atoms with Crippen molar-refractivity contribution in [2.45, 2.75) is 12.8 Å². The number of rotatable bonds is 4. The Labute approximate surface area is 140 Å². The highest BCUT2D eigenvalue weighted by molar-refractivity contribution is 5.91. The standard InChI is InChI=1S/C16H21FN6O/c1-21-10-14(20-11-21)15(24)22(2)9-12-3-5-23(6-4-12)16-18-7-13(17)8-19-16/h7-8,10-12H,3-6,9H2,1-2H3. The number of aryl methyl sites for hydroxylation is 1. The number of carbonyl (C=O) groups excluding carboxylic acids is 1. The van der Waals surface area contributed by atoms with E-state index < -0.39 is 5.82 Å². The first kappa shape index (κ1) is 16.4. The third-order valence-electron chi connectivity index (χ3n) is 4.31. The molecule has 0 N–H and O–H groups in total. The maximum atomic E-state index is 12.9. The van der Waals surface area contributed by atoms with Crippen LogP contribution in [0.2, 0.25) is 0 Å². The molecule has 2 aromatic rings. The second kappa shape index (κ2) is 6.94. The molecule has 8 heteroatoms. The van der Waals surface area contributed by atoms with Gasteiger partial charge in [0, 0.05) is 39.9 Å². The molecule has 0 aromatic carbocycles. The van der Waals surface area contributed by atoms with Crippen LogP contribution in [0.25, 0.3) is 0 Å². The number of anilines is 1. The van der Waals surface area contributed by atoms with Crippen LogP contribution < -0.4 is 4.90 Å². The Kier molecular flexibility index (Phi) is 4.73. The summed E-state index contributed by atoms with van der Waals surface area (Å²) in [5.74, 6) is 0.510. The zero-order chi connectivity index (χ0) is 17.1. The van der Waals surface area contributed by atoms with E-state index in [9.17, 15) is 9.18 Å². The summed E-state index contributed by atoms with van der Waals surface area (Å²) in [6.07, 6.45) is 7.62. The first-order chi connectivity index (χ1) is 11.5. The molecule has 0 saturated carbocycles. The molecule has 2 aromatic heterocycles. The maximum absolute atomic E-state index is 12.9. The lowest BCUT2D eigenvalue weighted by molar-refractivity contribution is 0.0759. The molecule has 0 bridgehead atoms. The molecule has 1 saturated heterocycles. The van der Waals surface area contributed by atoms with E-state index in [1.165, 1.54) is 12.4 Å². The summed E-state index contributed by atoms with van der Waals surface area (Å²) in [6, 6.07) is 0. The number of hydrogen-bond acceptors (Lipinski definition) is 5. The van der Waals surface area contributed by atoms with E-state index in [1.54, 1.807) is 22.0 Å². The fraction of sp³-hybridized carbons (Fsp3) is 0.500. The highest BCUT2D eigenvalue weighted by Gasteiger charge is 2.24. The van der Waals surface area contributed by atoms with Crippen LogP contribution in [-0.2, 0) is 7.05 Å². The van der Waals surface area contributed by atoms with Gasteiger partial charge in [0.05, 0.1) is 18.7 Å². The van der Waals surface area contributed by atoms with Crippen molar-refractivity contribution in [3.05, 3.63) is 36.4 Å². The molecule has 0 atom stereocenters. The number of imidazole rings is 1. The van der Waals surface area contributed by atoms with Crippen molar-refractivity contribution in [2.75, 3.05) is 31.6 Å². The van der Waals surface area contributed by atoms with Crippen molar-refractivity contribution < 1.29 is 9.18 Å². The van der Waals surface area contributed by atoms with Crippen molar-refractivity contribution in [2.24, 2.45) is 13.0 Å². The van der Waals surface area contributed by atoms with Gasteiger partial charge in [-0.05, 0) is 18.8 Å². The van der Waals surface area contributed by atoms with Crippen molar-refractivity contribution in [3.8, 4) is 0 Å². The minimum absolute atomic E-state index is 0.0557. The van der Waals surface area contributed by atoms with Gasteiger partial charge in [-0.15, -0.1) is 0 Å². The molecule has 24 heavy (non-hydrogen) atoms. The molecule has 1 aliphatic rings. The lowest BCUT2D eigenvalue weighted by Gasteiger charge is -2.33. The SMILES string of the molecule is CN(CC1CCN(c2ncc(F)cn2)CC1)C(=O)c1cn(C)cn1. The Hall–Kier alpha value is -2.51. The van der Waals surface area contributed by atoms with Crippen LogP contribution in [0.3, 0.4) is 0 Å². The molecule has 1 fully saturated rings. The Balaban J connectivity index is 1.51. The van der Waals surface area contributed by atoms with E-state index >= 15 is 0 Å². The molecular formula is C16H21FN6O. The first-order valence-electron chi connectivity index (χ1n) is 7.99. The van der Waals surface area contributed by atoms with Gasteiger partial charge in [0.2, 0.25) is 5.95 Å². The minimum atomic E-state index is -0.428. The van der Waals surface area contributed by atoms with Gasteiger partial charge in [0.15, 0.2) is 5.82 Å². The molecule has 1 amide bonds. The average molecular weight is 332 g/mol. The smallest absolute Gasteiger partial charge is 0.273 e. The van der Waals surface area contributed by atoms with Gasteiger partial charge < -0.3 is 14.4 Å². The van der Waals surface area contributed by atoms with Crippen LogP contribution in [0.5, 0.6) is 0 Å². The third-order valence-corrected chi connectivity index (χ3v) is 4.31. The number of piperidine rings is 1. The van der Waals surface area contributed by atoms with E-state index in [0.717, 1.165) is 25.9 Å². The quantitative estimate of drug-likeness (QED) is 0.845. The zero-order valence-corrected chi connectivity index (χ0v) is 13.9. The number of halogens is 1. The monoisotopic (exact) mass is 332 g/mol. The topological polar surface area (TPSA) is 67.2 Å². The predicted octanol–water partition coefficient (Wildman–Crippen LogP) is 1.34. The van der Waals surface area contributed by atoms with Gasteiger partial charge >= 0.3 is 0 Å². The van der Waals surface area contributed by atoms with Gasteiger partial charge in [-0.3, -0.25) is 4.79 Å². The molecule has 0 unspecified atom stereocenters. The van der Waals surface area contributed by atoms with Crippen LogP contribution in [0.1, 0.15) is 23.3 Å². The second-order valence-corrected chi connectivity index (χ2v) is 6.24. The predicted molar refractivity (Wildman–Crippen MR) is 87.1 cm³/mol. The molecule has 7 nitrogen and oxygen atoms in total. The van der Waals surface area contributed by atoms with Gasteiger partial charge in [0.1, 0.15) is 5.69 Å². The molecular weight excluding hydrogens is 311 g/mol. The number of aromatic nitrogens is 4. The van der Waals surface area contributed by atoms with E-state index in [4.69, 9.17) is 0 Å².